The lowest BCUT2D eigenvalue weighted by Crippen LogP contribution is -2.10. The van der Waals surface area contributed by atoms with Crippen LogP contribution >= 0.6 is 0 Å². The lowest BCUT2D eigenvalue weighted by molar-refractivity contribution is 0.669. The quantitative estimate of drug-likeness (QED) is 0.213. The Hall–Kier alpha value is -5.28. The first-order valence-electron chi connectivity index (χ1n) is 13.9. The van der Waals surface area contributed by atoms with Gasteiger partial charge in [-0.1, -0.05) is 71.8 Å². The van der Waals surface area contributed by atoms with E-state index in [1.807, 2.05) is 0 Å². The monoisotopic (exact) mass is 530 g/mol. The van der Waals surface area contributed by atoms with Crippen LogP contribution in [0.15, 0.2) is 150 Å². The molecule has 7 aromatic rings. The van der Waals surface area contributed by atoms with Crippen LogP contribution in [0.5, 0.6) is 0 Å². The van der Waals surface area contributed by atoms with E-state index in [4.69, 9.17) is 4.42 Å². The Labute approximate surface area is 240 Å². The van der Waals surface area contributed by atoms with Gasteiger partial charge in [0, 0.05) is 44.9 Å². The second-order valence-corrected chi connectivity index (χ2v) is 10.5. The average Bonchev–Trinajstić information content (AvgIpc) is 3.38. The van der Waals surface area contributed by atoms with Crippen molar-refractivity contribution in [1.29, 1.82) is 0 Å². The van der Waals surface area contributed by atoms with Crippen molar-refractivity contribution in [3.05, 3.63) is 157 Å². The molecule has 1 aromatic heterocycles. The maximum Gasteiger partial charge on any atom is 0.135 e. The van der Waals surface area contributed by atoms with Gasteiger partial charge in [-0.2, -0.15) is 0 Å². The van der Waals surface area contributed by atoms with Crippen LogP contribution in [0.1, 0.15) is 11.1 Å². The van der Waals surface area contributed by atoms with Gasteiger partial charge in [0.2, 0.25) is 0 Å². The van der Waals surface area contributed by atoms with Crippen LogP contribution in [0.4, 0.5) is 34.1 Å². The molecular formula is C38H30N2O. The minimum absolute atomic E-state index is 0.874. The maximum absolute atomic E-state index is 6.34. The molecule has 0 bridgehead atoms. The number of para-hydroxylation sites is 2. The van der Waals surface area contributed by atoms with E-state index >= 15 is 0 Å². The minimum atomic E-state index is 0.874. The Bertz CT molecular complexity index is 1800. The van der Waals surface area contributed by atoms with Gasteiger partial charge >= 0.3 is 0 Å². The van der Waals surface area contributed by atoms with Crippen molar-refractivity contribution < 1.29 is 4.42 Å². The SMILES string of the molecule is Cc1ccc(N(c2ccccc2)c2ccc3oc4ccc(N(c5ccccc5)c5ccc(C)cc5)cc4c3c2)cc1. The summed E-state index contributed by atoms with van der Waals surface area (Å²) in [4.78, 5) is 4.59. The van der Waals surface area contributed by atoms with E-state index in [1.165, 1.54) is 11.1 Å². The van der Waals surface area contributed by atoms with Crippen molar-refractivity contribution in [2.45, 2.75) is 13.8 Å². The third kappa shape index (κ3) is 4.72. The fourth-order valence-corrected chi connectivity index (χ4v) is 5.47. The van der Waals surface area contributed by atoms with Crippen LogP contribution < -0.4 is 9.80 Å². The summed E-state index contributed by atoms with van der Waals surface area (Å²) < 4.78 is 6.34. The molecule has 6 aromatic carbocycles. The van der Waals surface area contributed by atoms with Gasteiger partial charge in [-0.05, 0) is 98.8 Å². The first-order valence-corrected chi connectivity index (χ1v) is 13.9. The molecule has 7 rings (SSSR count). The molecule has 1 heterocycles. The molecule has 0 atom stereocenters. The van der Waals surface area contributed by atoms with Crippen LogP contribution in [0.3, 0.4) is 0 Å². The Kier molecular flexibility index (Phi) is 6.25. The summed E-state index contributed by atoms with van der Waals surface area (Å²) >= 11 is 0. The summed E-state index contributed by atoms with van der Waals surface area (Å²) in [6, 6.07) is 51.3. The molecule has 198 valence electrons. The first-order chi connectivity index (χ1) is 20.1. The highest BCUT2D eigenvalue weighted by Gasteiger charge is 2.18. The number of aryl methyl sites for hydroxylation is 2. The van der Waals surface area contributed by atoms with Gasteiger partial charge in [-0.3, -0.25) is 0 Å². The third-order valence-electron chi connectivity index (χ3n) is 7.57. The highest BCUT2D eigenvalue weighted by Crippen LogP contribution is 2.41. The van der Waals surface area contributed by atoms with E-state index in [2.05, 4.69) is 169 Å². The number of hydrogen-bond acceptors (Lipinski definition) is 3. The number of rotatable bonds is 6. The zero-order chi connectivity index (χ0) is 27.8. The second-order valence-electron chi connectivity index (χ2n) is 10.5. The predicted octanol–water partition coefficient (Wildman–Crippen LogP) is 11.1. The molecule has 0 N–H and O–H groups in total. The van der Waals surface area contributed by atoms with Gasteiger partial charge in [0.1, 0.15) is 11.2 Å². The van der Waals surface area contributed by atoms with Crippen LogP contribution in [-0.4, -0.2) is 0 Å². The molecule has 0 aliphatic heterocycles. The number of fused-ring (bicyclic) bond motifs is 3. The molecule has 0 spiro atoms. The Balaban J connectivity index is 1.40. The molecule has 0 saturated heterocycles. The summed E-state index contributed by atoms with van der Waals surface area (Å²) in [5.74, 6) is 0. The van der Waals surface area contributed by atoms with Gasteiger partial charge in [0.15, 0.2) is 0 Å². The van der Waals surface area contributed by atoms with Crippen LogP contribution in [0.25, 0.3) is 21.9 Å². The summed E-state index contributed by atoms with van der Waals surface area (Å²) in [7, 11) is 0. The minimum Gasteiger partial charge on any atom is -0.456 e. The Morgan fingerprint density at radius 2 is 0.707 bits per heavy atom. The zero-order valence-corrected chi connectivity index (χ0v) is 23.2. The largest absolute Gasteiger partial charge is 0.456 e. The van der Waals surface area contributed by atoms with E-state index in [0.29, 0.717) is 0 Å². The second kappa shape index (κ2) is 10.4. The number of anilines is 6. The topological polar surface area (TPSA) is 19.6 Å². The van der Waals surface area contributed by atoms with Gasteiger partial charge in [0.05, 0.1) is 0 Å². The third-order valence-corrected chi connectivity index (χ3v) is 7.57. The predicted molar refractivity (Wildman–Crippen MR) is 173 cm³/mol. The Morgan fingerprint density at radius 1 is 0.366 bits per heavy atom. The molecule has 0 aliphatic carbocycles. The number of hydrogen-bond donors (Lipinski definition) is 0. The molecule has 0 aliphatic rings. The Morgan fingerprint density at radius 3 is 1.10 bits per heavy atom. The van der Waals surface area contributed by atoms with Gasteiger partial charge in [-0.15, -0.1) is 0 Å². The smallest absolute Gasteiger partial charge is 0.135 e. The van der Waals surface area contributed by atoms with Gasteiger partial charge < -0.3 is 14.2 Å². The number of furan rings is 1. The molecule has 0 saturated carbocycles. The molecule has 0 radical (unpaired) electrons. The maximum atomic E-state index is 6.34. The van der Waals surface area contributed by atoms with Crippen molar-refractivity contribution >= 4 is 56.1 Å². The van der Waals surface area contributed by atoms with Crippen LogP contribution in [0.2, 0.25) is 0 Å². The first kappa shape index (κ1) is 24.7. The summed E-state index contributed by atoms with van der Waals surface area (Å²) in [5, 5.41) is 2.17. The fraction of sp³-hybridized carbons (Fsp3) is 0.0526. The normalized spacial score (nSPS) is 11.2. The summed E-state index contributed by atoms with van der Waals surface area (Å²) in [5.41, 5.74) is 10.8. The van der Waals surface area contributed by atoms with Crippen molar-refractivity contribution in [2.24, 2.45) is 0 Å². The molecular weight excluding hydrogens is 500 g/mol. The summed E-state index contributed by atoms with van der Waals surface area (Å²) in [6.45, 7) is 4.24. The van der Waals surface area contributed by atoms with Crippen LogP contribution in [-0.2, 0) is 0 Å². The highest BCUT2D eigenvalue weighted by atomic mass is 16.3. The molecule has 0 amide bonds. The zero-order valence-electron chi connectivity index (χ0n) is 23.2. The van der Waals surface area contributed by atoms with E-state index < -0.39 is 0 Å². The van der Waals surface area contributed by atoms with Crippen molar-refractivity contribution in [3.8, 4) is 0 Å². The van der Waals surface area contributed by atoms with Gasteiger partial charge in [-0.25, -0.2) is 0 Å². The lowest BCUT2D eigenvalue weighted by atomic mass is 10.1. The van der Waals surface area contributed by atoms with Crippen molar-refractivity contribution in [2.75, 3.05) is 9.80 Å². The average molecular weight is 531 g/mol. The highest BCUT2D eigenvalue weighted by molar-refractivity contribution is 6.08. The van der Waals surface area contributed by atoms with Gasteiger partial charge in [0.25, 0.3) is 0 Å². The number of nitrogens with zero attached hydrogens (tertiary/aromatic N) is 2. The molecule has 0 unspecified atom stereocenters. The molecule has 0 fully saturated rings. The van der Waals surface area contributed by atoms with Crippen molar-refractivity contribution in [3.63, 3.8) is 0 Å². The van der Waals surface area contributed by atoms with E-state index in [-0.39, 0.29) is 0 Å². The fourth-order valence-electron chi connectivity index (χ4n) is 5.47. The lowest BCUT2D eigenvalue weighted by Gasteiger charge is -2.26. The van der Waals surface area contributed by atoms with Crippen LogP contribution in [0, 0.1) is 13.8 Å². The molecule has 41 heavy (non-hydrogen) atoms. The molecule has 3 heteroatoms. The van der Waals surface area contributed by atoms with E-state index in [9.17, 15) is 0 Å². The standard InChI is InChI=1S/C38H30N2O/c1-27-13-17-31(18-14-27)39(29-9-5-3-6-10-29)33-21-23-37-35(25-33)36-26-34(22-24-38(36)41-37)40(30-11-7-4-8-12-30)32-19-15-28(2)16-20-32/h3-26H,1-2H3. The molecule has 3 nitrogen and oxygen atoms in total. The van der Waals surface area contributed by atoms with Crippen molar-refractivity contribution in [1.82, 2.24) is 0 Å². The van der Waals surface area contributed by atoms with E-state index in [1.54, 1.807) is 0 Å². The number of benzene rings is 6. The van der Waals surface area contributed by atoms with E-state index in [0.717, 1.165) is 56.1 Å². The summed E-state index contributed by atoms with van der Waals surface area (Å²) in [6.07, 6.45) is 0.